The summed E-state index contributed by atoms with van der Waals surface area (Å²) in [5.74, 6) is -1.68. The SMILES string of the molecule is NCC(=O)N1CC2CCC[C@@H]2C1C(=O)NC(CC1CCC1)C(=O)C(N)=O. The number of amides is 3. The van der Waals surface area contributed by atoms with Crippen LogP contribution in [0, 0.1) is 17.8 Å². The highest BCUT2D eigenvalue weighted by atomic mass is 16.2. The zero-order valence-corrected chi connectivity index (χ0v) is 15.0. The molecular weight excluding hydrogens is 336 g/mol. The highest BCUT2D eigenvalue weighted by Crippen LogP contribution is 2.42. The van der Waals surface area contributed by atoms with E-state index in [1.54, 1.807) is 4.90 Å². The van der Waals surface area contributed by atoms with E-state index in [9.17, 15) is 19.2 Å². The Balaban J connectivity index is 1.74. The minimum absolute atomic E-state index is 0.0959. The van der Waals surface area contributed by atoms with Gasteiger partial charge in [0.25, 0.3) is 5.91 Å². The lowest BCUT2D eigenvalue weighted by Crippen LogP contribution is -2.55. The van der Waals surface area contributed by atoms with Crippen LogP contribution in [0.25, 0.3) is 0 Å². The van der Waals surface area contributed by atoms with Crippen LogP contribution in [0.4, 0.5) is 0 Å². The number of rotatable bonds is 7. The second kappa shape index (κ2) is 7.73. The highest BCUT2D eigenvalue weighted by Gasteiger charge is 2.49. The summed E-state index contributed by atoms with van der Waals surface area (Å²) in [6.07, 6.45) is 6.42. The van der Waals surface area contributed by atoms with Crippen molar-refractivity contribution in [2.45, 2.75) is 57.0 Å². The molecule has 3 aliphatic rings. The molecule has 2 saturated carbocycles. The molecule has 3 fully saturated rings. The number of likely N-dealkylation sites (tertiary alicyclic amines) is 1. The molecule has 3 amide bonds. The Labute approximate surface area is 153 Å². The largest absolute Gasteiger partial charge is 0.363 e. The Morgan fingerprint density at radius 1 is 1.08 bits per heavy atom. The molecule has 8 heteroatoms. The van der Waals surface area contributed by atoms with E-state index in [1.165, 1.54) is 0 Å². The fourth-order valence-corrected chi connectivity index (χ4v) is 4.74. The minimum Gasteiger partial charge on any atom is -0.363 e. The fraction of sp³-hybridized carbons (Fsp3) is 0.778. The summed E-state index contributed by atoms with van der Waals surface area (Å²) < 4.78 is 0. The van der Waals surface area contributed by atoms with Crippen LogP contribution in [0.3, 0.4) is 0 Å². The molecule has 0 aromatic carbocycles. The van der Waals surface area contributed by atoms with Crippen molar-refractivity contribution in [1.82, 2.24) is 10.2 Å². The van der Waals surface area contributed by atoms with Gasteiger partial charge in [-0.1, -0.05) is 25.7 Å². The van der Waals surface area contributed by atoms with Crippen LogP contribution < -0.4 is 16.8 Å². The van der Waals surface area contributed by atoms with Crippen LogP contribution in [0.2, 0.25) is 0 Å². The first-order valence-corrected chi connectivity index (χ1v) is 9.56. The number of nitrogens with one attached hydrogen (secondary N) is 1. The zero-order chi connectivity index (χ0) is 18.8. The third kappa shape index (κ3) is 3.60. The van der Waals surface area contributed by atoms with Gasteiger partial charge in [-0.3, -0.25) is 19.2 Å². The molecule has 2 aliphatic carbocycles. The lowest BCUT2D eigenvalue weighted by atomic mass is 9.80. The molecule has 0 spiro atoms. The van der Waals surface area contributed by atoms with Crippen molar-refractivity contribution >= 4 is 23.5 Å². The van der Waals surface area contributed by atoms with Crippen molar-refractivity contribution in [2.75, 3.05) is 13.1 Å². The molecular formula is C18H28N4O4. The quantitative estimate of drug-likeness (QED) is 0.513. The lowest BCUT2D eigenvalue weighted by molar-refractivity contribution is -0.141. The van der Waals surface area contributed by atoms with Crippen molar-refractivity contribution in [2.24, 2.45) is 29.2 Å². The van der Waals surface area contributed by atoms with E-state index in [1.807, 2.05) is 0 Å². The molecule has 0 aromatic rings. The van der Waals surface area contributed by atoms with Gasteiger partial charge in [0, 0.05) is 6.54 Å². The van der Waals surface area contributed by atoms with Crippen LogP contribution in [-0.2, 0) is 19.2 Å². The summed E-state index contributed by atoms with van der Waals surface area (Å²) in [5.41, 5.74) is 10.7. The first kappa shape index (κ1) is 18.8. The highest BCUT2D eigenvalue weighted by molar-refractivity contribution is 6.37. The second-order valence-electron chi connectivity index (χ2n) is 7.87. The number of hydrogen-bond acceptors (Lipinski definition) is 5. The molecule has 1 heterocycles. The topological polar surface area (TPSA) is 136 Å². The fourth-order valence-electron chi connectivity index (χ4n) is 4.74. The molecule has 1 saturated heterocycles. The molecule has 26 heavy (non-hydrogen) atoms. The summed E-state index contributed by atoms with van der Waals surface area (Å²) in [7, 11) is 0. The number of hydrogen-bond donors (Lipinski definition) is 3. The number of ketones is 1. The Morgan fingerprint density at radius 2 is 1.77 bits per heavy atom. The predicted octanol–water partition coefficient (Wildman–Crippen LogP) is -0.698. The number of primary amides is 1. The zero-order valence-electron chi connectivity index (χ0n) is 15.0. The lowest BCUT2D eigenvalue weighted by Gasteiger charge is -2.31. The van der Waals surface area contributed by atoms with Crippen LogP contribution in [0.15, 0.2) is 0 Å². The molecule has 144 valence electrons. The molecule has 0 radical (unpaired) electrons. The van der Waals surface area contributed by atoms with Gasteiger partial charge in [-0.15, -0.1) is 0 Å². The Morgan fingerprint density at radius 3 is 2.35 bits per heavy atom. The number of fused-ring (bicyclic) bond motifs is 1. The summed E-state index contributed by atoms with van der Waals surface area (Å²) in [5, 5.41) is 2.74. The summed E-state index contributed by atoms with van der Waals surface area (Å²) in [6, 6.07) is -1.51. The van der Waals surface area contributed by atoms with Crippen molar-refractivity contribution in [3.8, 4) is 0 Å². The van der Waals surface area contributed by atoms with Crippen molar-refractivity contribution in [1.29, 1.82) is 0 Å². The van der Waals surface area contributed by atoms with Gasteiger partial charge in [-0.05, 0) is 37.0 Å². The number of nitrogens with two attached hydrogens (primary N) is 2. The maximum atomic E-state index is 13.0. The normalized spacial score (nSPS) is 29.0. The monoisotopic (exact) mass is 364 g/mol. The van der Waals surface area contributed by atoms with Gasteiger partial charge in [0.1, 0.15) is 6.04 Å². The summed E-state index contributed by atoms with van der Waals surface area (Å²) >= 11 is 0. The molecule has 3 unspecified atom stereocenters. The summed E-state index contributed by atoms with van der Waals surface area (Å²) in [4.78, 5) is 50.3. The smallest absolute Gasteiger partial charge is 0.287 e. The van der Waals surface area contributed by atoms with Gasteiger partial charge >= 0.3 is 0 Å². The Bertz CT molecular complexity index is 604. The van der Waals surface area contributed by atoms with Gasteiger partial charge in [-0.25, -0.2) is 0 Å². The van der Waals surface area contributed by atoms with E-state index in [-0.39, 0.29) is 24.3 Å². The number of carbonyl (C=O) groups is 4. The molecule has 8 nitrogen and oxygen atoms in total. The summed E-state index contributed by atoms with van der Waals surface area (Å²) in [6.45, 7) is 0.394. The standard InChI is InChI=1S/C18H28N4O4/c19-8-14(23)22-9-11-5-2-6-12(11)15(22)18(26)21-13(16(24)17(20)25)7-10-3-1-4-10/h10-13,15H,1-9,19H2,(H2,20,25)(H,21,26)/t11?,12-,13?,15?/m0/s1. The number of Topliss-reactive ketones (excluding diaryl/α,β-unsaturated/α-hetero) is 1. The Kier molecular flexibility index (Phi) is 5.60. The van der Waals surface area contributed by atoms with E-state index in [0.717, 1.165) is 38.5 Å². The van der Waals surface area contributed by atoms with Gasteiger partial charge in [0.15, 0.2) is 0 Å². The first-order chi connectivity index (χ1) is 12.4. The third-order valence-corrected chi connectivity index (χ3v) is 6.32. The van der Waals surface area contributed by atoms with Gasteiger partial charge in [-0.2, -0.15) is 0 Å². The minimum atomic E-state index is -1.03. The van der Waals surface area contributed by atoms with Crippen LogP contribution in [0.5, 0.6) is 0 Å². The molecule has 3 rings (SSSR count). The van der Waals surface area contributed by atoms with Gasteiger partial charge in [0.05, 0.1) is 12.6 Å². The van der Waals surface area contributed by atoms with Crippen molar-refractivity contribution in [3.05, 3.63) is 0 Å². The van der Waals surface area contributed by atoms with Gasteiger partial charge < -0.3 is 21.7 Å². The molecule has 0 bridgehead atoms. The second-order valence-corrected chi connectivity index (χ2v) is 7.87. The molecule has 1 aliphatic heterocycles. The van der Waals surface area contributed by atoms with Crippen molar-refractivity contribution in [3.63, 3.8) is 0 Å². The molecule has 4 atom stereocenters. The van der Waals surface area contributed by atoms with Gasteiger partial charge in [0.2, 0.25) is 17.6 Å². The van der Waals surface area contributed by atoms with Crippen LogP contribution in [0.1, 0.15) is 44.9 Å². The maximum Gasteiger partial charge on any atom is 0.287 e. The molecule has 5 N–H and O–H groups in total. The van der Waals surface area contributed by atoms with E-state index in [4.69, 9.17) is 11.5 Å². The number of nitrogens with zero attached hydrogens (tertiary/aromatic N) is 1. The average molecular weight is 364 g/mol. The Hall–Kier alpha value is -1.96. The van der Waals surface area contributed by atoms with E-state index >= 15 is 0 Å². The first-order valence-electron chi connectivity index (χ1n) is 9.56. The van der Waals surface area contributed by atoms with Crippen LogP contribution in [-0.4, -0.2) is 53.6 Å². The number of carbonyl (C=O) groups excluding carboxylic acids is 4. The van der Waals surface area contributed by atoms with E-state index < -0.39 is 23.8 Å². The van der Waals surface area contributed by atoms with E-state index in [2.05, 4.69) is 5.32 Å². The average Bonchev–Trinajstić information content (AvgIpc) is 3.15. The maximum absolute atomic E-state index is 13.0. The predicted molar refractivity (Wildman–Crippen MR) is 93.5 cm³/mol. The third-order valence-electron chi connectivity index (χ3n) is 6.32. The van der Waals surface area contributed by atoms with Crippen molar-refractivity contribution < 1.29 is 19.2 Å². The van der Waals surface area contributed by atoms with Crippen LogP contribution >= 0.6 is 0 Å². The van der Waals surface area contributed by atoms with E-state index in [0.29, 0.717) is 24.8 Å². The molecule has 0 aromatic heterocycles.